The van der Waals surface area contributed by atoms with E-state index in [4.69, 9.17) is 0 Å². The molecule has 0 spiro atoms. The zero-order chi connectivity index (χ0) is 14.0. The lowest BCUT2D eigenvalue weighted by Crippen LogP contribution is -2.31. The molecule has 6 nitrogen and oxygen atoms in total. The van der Waals surface area contributed by atoms with E-state index in [1.54, 1.807) is 6.20 Å². The first-order valence-electron chi connectivity index (χ1n) is 6.41. The van der Waals surface area contributed by atoms with Gasteiger partial charge in [0.05, 0.1) is 6.26 Å². The average molecular weight is 284 g/mol. The molecule has 106 valence electrons. The van der Waals surface area contributed by atoms with Gasteiger partial charge in [-0.3, -0.25) is 0 Å². The zero-order valence-corrected chi connectivity index (χ0v) is 12.3. The summed E-state index contributed by atoms with van der Waals surface area (Å²) in [5.74, 6) is 0.922. The Hall–Kier alpha value is -1.21. The van der Waals surface area contributed by atoms with Gasteiger partial charge in [0, 0.05) is 31.0 Å². The topological polar surface area (TPSA) is 75.2 Å². The van der Waals surface area contributed by atoms with Gasteiger partial charge in [0.1, 0.15) is 0 Å². The maximum Gasteiger partial charge on any atom is 0.223 e. The second-order valence-corrected chi connectivity index (χ2v) is 7.19. The van der Waals surface area contributed by atoms with Crippen molar-refractivity contribution in [2.75, 3.05) is 24.7 Å². The van der Waals surface area contributed by atoms with Crippen LogP contribution in [0.5, 0.6) is 0 Å². The van der Waals surface area contributed by atoms with Crippen LogP contribution in [0, 0.1) is 0 Å². The van der Waals surface area contributed by atoms with Crippen LogP contribution in [-0.4, -0.2) is 48.1 Å². The summed E-state index contributed by atoms with van der Waals surface area (Å²) in [6.45, 7) is 5.19. The Kier molecular flexibility index (Phi) is 4.05. The number of nitrogens with one attached hydrogen (secondary N) is 1. The van der Waals surface area contributed by atoms with Crippen LogP contribution in [0.1, 0.15) is 31.9 Å². The van der Waals surface area contributed by atoms with Crippen LogP contribution < -0.4 is 5.32 Å². The minimum Gasteiger partial charge on any atom is -0.350 e. The van der Waals surface area contributed by atoms with E-state index in [1.165, 1.54) is 10.6 Å². The molecule has 0 aliphatic carbocycles. The SMILES string of the molecule is CC(C)c1ccnc(NC2CCN(S(C)(=O)=O)C2)n1. The van der Waals surface area contributed by atoms with E-state index >= 15 is 0 Å². The van der Waals surface area contributed by atoms with Crippen molar-refractivity contribution in [2.24, 2.45) is 0 Å². The van der Waals surface area contributed by atoms with E-state index < -0.39 is 10.0 Å². The number of hydrogen-bond donors (Lipinski definition) is 1. The molecule has 1 aromatic rings. The van der Waals surface area contributed by atoms with Gasteiger partial charge in [-0.25, -0.2) is 22.7 Å². The van der Waals surface area contributed by atoms with Gasteiger partial charge in [-0.15, -0.1) is 0 Å². The highest BCUT2D eigenvalue weighted by atomic mass is 32.2. The van der Waals surface area contributed by atoms with Gasteiger partial charge < -0.3 is 5.32 Å². The van der Waals surface area contributed by atoms with E-state index in [-0.39, 0.29) is 6.04 Å². The van der Waals surface area contributed by atoms with Crippen molar-refractivity contribution in [3.8, 4) is 0 Å². The molecule has 2 heterocycles. The number of anilines is 1. The summed E-state index contributed by atoms with van der Waals surface area (Å²) in [5.41, 5.74) is 0.982. The fourth-order valence-corrected chi connectivity index (χ4v) is 2.98. The van der Waals surface area contributed by atoms with Gasteiger partial charge in [0.15, 0.2) is 0 Å². The Balaban J connectivity index is 2.01. The summed E-state index contributed by atoms with van der Waals surface area (Å²) in [6, 6.07) is 1.98. The summed E-state index contributed by atoms with van der Waals surface area (Å²) in [6.07, 6.45) is 3.75. The lowest BCUT2D eigenvalue weighted by atomic mass is 10.1. The van der Waals surface area contributed by atoms with Crippen molar-refractivity contribution in [2.45, 2.75) is 32.2 Å². The number of nitrogens with zero attached hydrogens (tertiary/aromatic N) is 3. The average Bonchev–Trinajstić information content (AvgIpc) is 2.77. The molecule has 7 heteroatoms. The van der Waals surface area contributed by atoms with Crippen LogP contribution in [0.15, 0.2) is 12.3 Å². The Morgan fingerprint density at radius 2 is 2.21 bits per heavy atom. The summed E-state index contributed by atoms with van der Waals surface area (Å²) < 4.78 is 24.4. The molecular formula is C12H20N4O2S. The van der Waals surface area contributed by atoms with Crippen LogP contribution in [0.25, 0.3) is 0 Å². The van der Waals surface area contributed by atoms with Crippen molar-refractivity contribution in [1.82, 2.24) is 14.3 Å². The quantitative estimate of drug-likeness (QED) is 0.894. The maximum atomic E-state index is 11.4. The molecule has 1 atom stereocenters. The minimum absolute atomic E-state index is 0.0807. The number of rotatable bonds is 4. The molecule has 1 N–H and O–H groups in total. The van der Waals surface area contributed by atoms with Crippen LogP contribution in [0.3, 0.4) is 0 Å². The third-order valence-corrected chi connectivity index (χ3v) is 4.49. The molecule has 1 unspecified atom stereocenters. The van der Waals surface area contributed by atoms with Gasteiger partial charge in [-0.1, -0.05) is 13.8 Å². The van der Waals surface area contributed by atoms with Gasteiger partial charge >= 0.3 is 0 Å². The number of hydrogen-bond acceptors (Lipinski definition) is 5. The smallest absolute Gasteiger partial charge is 0.223 e. The van der Waals surface area contributed by atoms with Crippen molar-refractivity contribution < 1.29 is 8.42 Å². The van der Waals surface area contributed by atoms with Crippen LogP contribution in [-0.2, 0) is 10.0 Å². The molecule has 2 rings (SSSR count). The van der Waals surface area contributed by atoms with E-state index in [1.807, 2.05) is 6.07 Å². The largest absolute Gasteiger partial charge is 0.350 e. The first-order valence-corrected chi connectivity index (χ1v) is 8.25. The standard InChI is InChI=1S/C12H20N4O2S/c1-9(2)11-4-6-13-12(15-11)14-10-5-7-16(8-10)19(3,17)18/h4,6,9-10H,5,7-8H2,1-3H3,(H,13,14,15). The number of aromatic nitrogens is 2. The van der Waals surface area contributed by atoms with Crippen molar-refractivity contribution in [3.63, 3.8) is 0 Å². The van der Waals surface area contributed by atoms with Crippen molar-refractivity contribution in [3.05, 3.63) is 18.0 Å². The normalized spacial score (nSPS) is 20.9. The van der Waals surface area contributed by atoms with E-state index in [9.17, 15) is 8.42 Å². The molecule has 0 aromatic carbocycles. The number of sulfonamides is 1. The Labute approximate surface area is 114 Å². The van der Waals surface area contributed by atoms with Gasteiger partial charge in [-0.05, 0) is 18.4 Å². The van der Waals surface area contributed by atoms with E-state index in [0.717, 1.165) is 12.1 Å². The highest BCUT2D eigenvalue weighted by Gasteiger charge is 2.28. The summed E-state index contributed by atoms with van der Waals surface area (Å²) in [7, 11) is -3.10. The molecule has 1 fully saturated rings. The molecule has 19 heavy (non-hydrogen) atoms. The third kappa shape index (κ3) is 3.63. The predicted octanol–water partition coefficient (Wildman–Crippen LogP) is 1.05. The molecule has 1 aromatic heterocycles. The Morgan fingerprint density at radius 3 is 2.79 bits per heavy atom. The zero-order valence-electron chi connectivity index (χ0n) is 11.5. The summed E-state index contributed by atoms with van der Waals surface area (Å²) >= 11 is 0. The molecular weight excluding hydrogens is 264 g/mol. The monoisotopic (exact) mass is 284 g/mol. The maximum absolute atomic E-state index is 11.4. The van der Waals surface area contributed by atoms with Crippen LogP contribution >= 0.6 is 0 Å². The van der Waals surface area contributed by atoms with E-state index in [2.05, 4.69) is 29.1 Å². The van der Waals surface area contributed by atoms with Gasteiger partial charge in [0.2, 0.25) is 16.0 Å². The van der Waals surface area contributed by atoms with Gasteiger partial charge in [0.25, 0.3) is 0 Å². The van der Waals surface area contributed by atoms with Gasteiger partial charge in [-0.2, -0.15) is 0 Å². The predicted molar refractivity (Wildman–Crippen MR) is 74.6 cm³/mol. The third-order valence-electron chi connectivity index (χ3n) is 3.22. The minimum atomic E-state index is -3.10. The fraction of sp³-hybridized carbons (Fsp3) is 0.667. The first kappa shape index (κ1) is 14.2. The highest BCUT2D eigenvalue weighted by Crippen LogP contribution is 2.17. The molecule has 0 bridgehead atoms. The molecule has 1 aliphatic rings. The fourth-order valence-electron chi connectivity index (χ4n) is 2.09. The van der Waals surface area contributed by atoms with Crippen LogP contribution in [0.2, 0.25) is 0 Å². The second kappa shape index (κ2) is 5.42. The molecule has 1 saturated heterocycles. The highest BCUT2D eigenvalue weighted by molar-refractivity contribution is 7.88. The Bertz CT molecular complexity index is 544. The van der Waals surface area contributed by atoms with Crippen LogP contribution in [0.4, 0.5) is 5.95 Å². The summed E-state index contributed by atoms with van der Waals surface area (Å²) in [5, 5.41) is 3.21. The molecule has 0 amide bonds. The lowest BCUT2D eigenvalue weighted by Gasteiger charge is -2.15. The Morgan fingerprint density at radius 1 is 1.47 bits per heavy atom. The van der Waals surface area contributed by atoms with Crippen molar-refractivity contribution in [1.29, 1.82) is 0 Å². The lowest BCUT2D eigenvalue weighted by molar-refractivity contribution is 0.480. The molecule has 0 radical (unpaired) electrons. The first-order chi connectivity index (χ1) is 8.86. The molecule has 1 aliphatic heterocycles. The van der Waals surface area contributed by atoms with Crippen molar-refractivity contribution >= 4 is 16.0 Å². The molecule has 0 saturated carbocycles. The summed E-state index contributed by atoms with van der Waals surface area (Å²) in [4.78, 5) is 8.62. The second-order valence-electron chi connectivity index (χ2n) is 5.21. The van der Waals surface area contributed by atoms with E-state index in [0.29, 0.717) is 25.0 Å².